The first-order valence-electron chi connectivity index (χ1n) is 10.2. The summed E-state index contributed by atoms with van der Waals surface area (Å²) in [6, 6.07) is 6.04. The molecule has 1 atom stereocenters. The molecular formula is C24H28N2O3. The van der Waals surface area contributed by atoms with Crippen molar-refractivity contribution < 1.29 is 14.3 Å². The average molecular weight is 392 g/mol. The molecule has 5 nitrogen and oxygen atoms in total. The summed E-state index contributed by atoms with van der Waals surface area (Å²) in [5.41, 5.74) is 3.31. The number of hydrogen-bond donors (Lipinski definition) is 0. The van der Waals surface area contributed by atoms with E-state index in [2.05, 4.69) is 41.7 Å². The first-order chi connectivity index (χ1) is 13.9. The summed E-state index contributed by atoms with van der Waals surface area (Å²) < 4.78 is 11.0. The molecule has 0 fully saturated rings. The van der Waals surface area contributed by atoms with Gasteiger partial charge in [0.2, 0.25) is 0 Å². The lowest BCUT2D eigenvalue weighted by Crippen LogP contribution is -2.26. The zero-order chi connectivity index (χ0) is 20.9. The highest BCUT2D eigenvalue weighted by Crippen LogP contribution is 2.38. The fourth-order valence-electron chi connectivity index (χ4n) is 3.48. The van der Waals surface area contributed by atoms with Crippen LogP contribution in [0.4, 0.5) is 0 Å². The third-order valence-corrected chi connectivity index (χ3v) is 5.19. The van der Waals surface area contributed by atoms with E-state index in [4.69, 9.17) is 9.47 Å². The number of carbonyl (C=O) groups is 1. The summed E-state index contributed by atoms with van der Waals surface area (Å²) in [5.74, 6) is 6.53. The highest BCUT2D eigenvalue weighted by molar-refractivity contribution is 5.77. The molecule has 0 saturated heterocycles. The number of esters is 1. The summed E-state index contributed by atoms with van der Waals surface area (Å²) in [4.78, 5) is 21.1. The normalized spacial score (nSPS) is 15.3. The standard InChI is InChI=1S/C24H28N2O3/c1-5-7-19(23(27)28-6-2)21-16-25-15-18(26-21)10-8-17-9-11-22-20(14-17)24(3,4)12-13-29-22/h9,11,14-16,19H,5-7,12-13H2,1-4H3. The minimum Gasteiger partial charge on any atom is -0.493 e. The van der Waals surface area contributed by atoms with Crippen LogP contribution in [-0.4, -0.2) is 29.2 Å². The molecule has 2 heterocycles. The van der Waals surface area contributed by atoms with Gasteiger partial charge in [-0.15, -0.1) is 0 Å². The Balaban J connectivity index is 1.86. The Bertz CT molecular complexity index is 941. The van der Waals surface area contributed by atoms with E-state index >= 15 is 0 Å². The van der Waals surface area contributed by atoms with Gasteiger partial charge < -0.3 is 9.47 Å². The smallest absolute Gasteiger partial charge is 0.315 e. The maximum Gasteiger partial charge on any atom is 0.315 e. The molecular weight excluding hydrogens is 364 g/mol. The van der Waals surface area contributed by atoms with E-state index in [0.717, 1.165) is 30.8 Å². The number of aromatic nitrogens is 2. The van der Waals surface area contributed by atoms with Gasteiger partial charge in [-0.05, 0) is 49.3 Å². The summed E-state index contributed by atoms with van der Waals surface area (Å²) in [6.45, 7) is 9.38. The minimum atomic E-state index is -0.407. The van der Waals surface area contributed by atoms with E-state index in [1.54, 1.807) is 19.3 Å². The summed E-state index contributed by atoms with van der Waals surface area (Å²) in [7, 11) is 0. The molecule has 1 aromatic carbocycles. The van der Waals surface area contributed by atoms with E-state index < -0.39 is 5.92 Å². The van der Waals surface area contributed by atoms with Crippen LogP contribution < -0.4 is 4.74 Å². The van der Waals surface area contributed by atoms with Crippen molar-refractivity contribution in [2.45, 2.75) is 58.3 Å². The number of nitrogens with zero attached hydrogens (tertiary/aromatic N) is 2. The molecule has 152 valence electrons. The molecule has 1 aliphatic rings. The number of ether oxygens (including phenoxy) is 2. The molecule has 5 heteroatoms. The van der Waals surface area contributed by atoms with Crippen LogP contribution in [0, 0.1) is 11.8 Å². The van der Waals surface area contributed by atoms with Crippen molar-refractivity contribution in [1.29, 1.82) is 0 Å². The van der Waals surface area contributed by atoms with Gasteiger partial charge in [0, 0.05) is 17.3 Å². The third kappa shape index (κ3) is 4.95. The van der Waals surface area contributed by atoms with Gasteiger partial charge in [-0.1, -0.05) is 33.1 Å². The Labute approximate surface area is 172 Å². The molecule has 1 aromatic heterocycles. The first kappa shape index (κ1) is 20.9. The molecule has 1 aliphatic heterocycles. The molecule has 0 amide bonds. The van der Waals surface area contributed by atoms with Gasteiger partial charge in [0.15, 0.2) is 0 Å². The van der Waals surface area contributed by atoms with Crippen LogP contribution in [-0.2, 0) is 14.9 Å². The number of fused-ring (bicyclic) bond motifs is 1. The monoisotopic (exact) mass is 392 g/mol. The third-order valence-electron chi connectivity index (χ3n) is 5.19. The first-order valence-corrected chi connectivity index (χ1v) is 10.2. The zero-order valence-corrected chi connectivity index (χ0v) is 17.6. The van der Waals surface area contributed by atoms with E-state index in [9.17, 15) is 4.79 Å². The van der Waals surface area contributed by atoms with Gasteiger partial charge in [-0.3, -0.25) is 9.78 Å². The number of rotatable bonds is 5. The van der Waals surface area contributed by atoms with Crippen LogP contribution in [0.1, 0.15) is 75.4 Å². The summed E-state index contributed by atoms with van der Waals surface area (Å²) in [5, 5.41) is 0. The Morgan fingerprint density at radius 1 is 1.28 bits per heavy atom. The number of hydrogen-bond acceptors (Lipinski definition) is 5. The fraction of sp³-hybridized carbons (Fsp3) is 0.458. The van der Waals surface area contributed by atoms with E-state index in [-0.39, 0.29) is 11.4 Å². The van der Waals surface area contributed by atoms with Crippen LogP contribution in [0.25, 0.3) is 0 Å². The van der Waals surface area contributed by atoms with Crippen LogP contribution in [0.3, 0.4) is 0 Å². The quantitative estimate of drug-likeness (QED) is 0.558. The Morgan fingerprint density at radius 3 is 2.86 bits per heavy atom. The predicted octanol–water partition coefficient (Wildman–Crippen LogP) is 4.38. The largest absolute Gasteiger partial charge is 0.493 e. The Kier molecular flexibility index (Phi) is 6.53. The van der Waals surface area contributed by atoms with Crippen molar-refractivity contribution in [3.05, 3.63) is 53.1 Å². The maximum absolute atomic E-state index is 12.3. The lowest BCUT2D eigenvalue weighted by Gasteiger charge is -2.32. The second kappa shape index (κ2) is 9.09. The van der Waals surface area contributed by atoms with Gasteiger partial charge >= 0.3 is 5.97 Å². The molecule has 29 heavy (non-hydrogen) atoms. The maximum atomic E-state index is 12.3. The summed E-state index contributed by atoms with van der Waals surface area (Å²) >= 11 is 0. The van der Waals surface area contributed by atoms with Gasteiger partial charge in [-0.25, -0.2) is 4.98 Å². The van der Waals surface area contributed by atoms with E-state index in [0.29, 0.717) is 24.4 Å². The zero-order valence-electron chi connectivity index (χ0n) is 17.6. The SMILES string of the molecule is CCCC(C(=O)OCC)c1cncc(C#Cc2ccc3c(c2)C(C)(C)CCO3)n1. The number of benzene rings is 1. The van der Waals surface area contributed by atoms with Crippen LogP contribution in [0.5, 0.6) is 5.75 Å². The predicted molar refractivity (Wildman–Crippen MR) is 112 cm³/mol. The molecule has 1 unspecified atom stereocenters. The number of carbonyl (C=O) groups excluding carboxylic acids is 1. The molecule has 3 rings (SSSR count). The molecule has 2 aromatic rings. The average Bonchev–Trinajstić information content (AvgIpc) is 2.71. The summed E-state index contributed by atoms with van der Waals surface area (Å²) in [6.07, 6.45) is 5.76. The van der Waals surface area contributed by atoms with Crippen LogP contribution >= 0.6 is 0 Å². The highest BCUT2D eigenvalue weighted by Gasteiger charge is 2.28. The van der Waals surface area contributed by atoms with E-state index in [1.165, 1.54) is 5.56 Å². The van der Waals surface area contributed by atoms with Crippen molar-refractivity contribution >= 4 is 5.97 Å². The molecule has 0 aliphatic carbocycles. The van der Waals surface area contributed by atoms with Gasteiger partial charge in [0.25, 0.3) is 0 Å². The van der Waals surface area contributed by atoms with Crippen molar-refractivity contribution in [1.82, 2.24) is 9.97 Å². The van der Waals surface area contributed by atoms with Crippen LogP contribution in [0.15, 0.2) is 30.6 Å². The van der Waals surface area contributed by atoms with Crippen molar-refractivity contribution in [3.8, 4) is 17.6 Å². The van der Waals surface area contributed by atoms with Gasteiger partial charge in [0.1, 0.15) is 17.4 Å². The fourth-order valence-corrected chi connectivity index (χ4v) is 3.48. The lowest BCUT2D eigenvalue weighted by molar-refractivity contribution is -0.145. The molecule has 0 radical (unpaired) electrons. The van der Waals surface area contributed by atoms with Crippen molar-refractivity contribution in [2.24, 2.45) is 0 Å². The van der Waals surface area contributed by atoms with Crippen molar-refractivity contribution in [3.63, 3.8) is 0 Å². The second-order valence-electron chi connectivity index (χ2n) is 7.87. The Morgan fingerprint density at radius 2 is 2.10 bits per heavy atom. The van der Waals surface area contributed by atoms with Crippen LogP contribution in [0.2, 0.25) is 0 Å². The van der Waals surface area contributed by atoms with Gasteiger partial charge in [-0.2, -0.15) is 0 Å². The molecule has 0 N–H and O–H groups in total. The molecule has 0 saturated carbocycles. The van der Waals surface area contributed by atoms with Gasteiger partial charge in [0.05, 0.1) is 25.1 Å². The highest BCUT2D eigenvalue weighted by atomic mass is 16.5. The topological polar surface area (TPSA) is 61.3 Å². The van der Waals surface area contributed by atoms with Crippen molar-refractivity contribution in [2.75, 3.05) is 13.2 Å². The second-order valence-corrected chi connectivity index (χ2v) is 7.87. The molecule has 0 bridgehead atoms. The minimum absolute atomic E-state index is 0.0675. The Hall–Kier alpha value is -2.87. The molecule has 0 spiro atoms. The van der Waals surface area contributed by atoms with E-state index in [1.807, 2.05) is 19.1 Å². The lowest BCUT2D eigenvalue weighted by atomic mass is 9.79.